The summed E-state index contributed by atoms with van der Waals surface area (Å²) in [6.45, 7) is 0. The third-order valence-corrected chi connectivity index (χ3v) is 3.84. The van der Waals surface area contributed by atoms with Crippen LogP contribution in [0.3, 0.4) is 0 Å². The molecule has 0 saturated heterocycles. The van der Waals surface area contributed by atoms with Gasteiger partial charge in [-0.2, -0.15) is 0 Å². The van der Waals surface area contributed by atoms with Gasteiger partial charge in [-0.05, 0) is 24.3 Å². The molecule has 0 amide bonds. The molecule has 0 saturated carbocycles. The number of benzene rings is 2. The van der Waals surface area contributed by atoms with Crippen molar-refractivity contribution in [1.82, 2.24) is 9.97 Å². The lowest BCUT2D eigenvalue weighted by Gasteiger charge is -2.00. The van der Waals surface area contributed by atoms with Crippen LogP contribution >= 0.6 is 34.8 Å². The maximum absolute atomic E-state index is 13.4. The highest BCUT2D eigenvalue weighted by Gasteiger charge is 2.13. The third kappa shape index (κ3) is 2.18. The molecule has 0 spiro atoms. The molecule has 3 aromatic rings. The quantitative estimate of drug-likeness (QED) is 0.646. The number of hydrogen-bond acceptors (Lipinski definition) is 1. The van der Waals surface area contributed by atoms with Crippen molar-refractivity contribution in [3.8, 4) is 11.4 Å². The van der Waals surface area contributed by atoms with Gasteiger partial charge < -0.3 is 4.98 Å². The van der Waals surface area contributed by atoms with Crippen molar-refractivity contribution in [3.63, 3.8) is 0 Å². The number of rotatable bonds is 1. The maximum Gasteiger partial charge on any atom is 0.142 e. The van der Waals surface area contributed by atoms with E-state index >= 15 is 0 Å². The Morgan fingerprint density at radius 3 is 2.58 bits per heavy atom. The molecule has 0 aliphatic carbocycles. The maximum atomic E-state index is 13.4. The summed E-state index contributed by atoms with van der Waals surface area (Å²) in [6.07, 6.45) is 0. The molecule has 2 nitrogen and oxygen atoms in total. The second-order valence-corrected chi connectivity index (χ2v) is 5.16. The van der Waals surface area contributed by atoms with Crippen LogP contribution in [0.2, 0.25) is 15.1 Å². The van der Waals surface area contributed by atoms with E-state index in [9.17, 15) is 4.39 Å². The number of nitrogens with one attached hydrogen (secondary N) is 1. The second-order valence-electron chi connectivity index (χ2n) is 3.97. The van der Waals surface area contributed by atoms with Crippen molar-refractivity contribution in [2.45, 2.75) is 0 Å². The average molecular weight is 316 g/mol. The van der Waals surface area contributed by atoms with Gasteiger partial charge in [-0.15, -0.1) is 0 Å². The van der Waals surface area contributed by atoms with E-state index in [2.05, 4.69) is 9.97 Å². The Labute approximate surface area is 123 Å². The Morgan fingerprint density at radius 2 is 1.79 bits per heavy atom. The van der Waals surface area contributed by atoms with E-state index in [1.54, 1.807) is 24.3 Å². The van der Waals surface area contributed by atoms with Crippen molar-refractivity contribution in [2.24, 2.45) is 0 Å². The molecule has 2 aromatic carbocycles. The van der Waals surface area contributed by atoms with Crippen LogP contribution in [-0.4, -0.2) is 9.97 Å². The SMILES string of the molecule is Fc1cccc(-c2nc3cc(Cl)c(Cl)cc3[nH]2)c1Cl. The number of nitrogens with zero attached hydrogens (tertiary/aromatic N) is 1. The zero-order chi connectivity index (χ0) is 13.6. The van der Waals surface area contributed by atoms with Crippen molar-refractivity contribution >= 4 is 45.8 Å². The van der Waals surface area contributed by atoms with E-state index < -0.39 is 5.82 Å². The Morgan fingerprint density at radius 1 is 1.05 bits per heavy atom. The molecule has 3 rings (SSSR count). The van der Waals surface area contributed by atoms with Crippen molar-refractivity contribution in [1.29, 1.82) is 0 Å². The molecule has 6 heteroatoms. The number of fused-ring (bicyclic) bond motifs is 1. The van der Waals surface area contributed by atoms with Crippen LogP contribution in [0.15, 0.2) is 30.3 Å². The Kier molecular flexibility index (Phi) is 3.13. The summed E-state index contributed by atoms with van der Waals surface area (Å²) in [7, 11) is 0. The first kappa shape index (κ1) is 12.7. The van der Waals surface area contributed by atoms with Gasteiger partial charge in [0.2, 0.25) is 0 Å². The standard InChI is InChI=1S/C13H6Cl3FN2/c14-7-4-10-11(5-8(7)15)19-13(18-10)6-2-1-3-9(17)12(6)16/h1-5H,(H,18,19). The lowest BCUT2D eigenvalue weighted by molar-refractivity contribution is 0.628. The highest BCUT2D eigenvalue weighted by atomic mass is 35.5. The van der Waals surface area contributed by atoms with E-state index in [0.717, 1.165) is 0 Å². The number of imidazole rings is 1. The lowest BCUT2D eigenvalue weighted by Crippen LogP contribution is -1.85. The van der Waals surface area contributed by atoms with Crippen molar-refractivity contribution < 1.29 is 4.39 Å². The van der Waals surface area contributed by atoms with E-state index in [1.807, 2.05) is 0 Å². The topological polar surface area (TPSA) is 28.7 Å². The average Bonchev–Trinajstić information content (AvgIpc) is 2.76. The number of halogens is 4. The summed E-state index contributed by atoms with van der Waals surface area (Å²) in [5, 5.41) is 0.867. The molecule has 1 aromatic heterocycles. The van der Waals surface area contributed by atoms with Gasteiger partial charge in [0, 0.05) is 5.56 Å². The van der Waals surface area contributed by atoms with Gasteiger partial charge >= 0.3 is 0 Å². The van der Waals surface area contributed by atoms with Gasteiger partial charge in [0.15, 0.2) is 0 Å². The molecule has 0 aliphatic rings. The molecular weight excluding hydrogens is 310 g/mol. The van der Waals surface area contributed by atoms with Crippen molar-refractivity contribution in [2.75, 3.05) is 0 Å². The largest absolute Gasteiger partial charge is 0.338 e. The Hall–Kier alpha value is -1.29. The fourth-order valence-electron chi connectivity index (χ4n) is 1.82. The summed E-state index contributed by atoms with van der Waals surface area (Å²) in [4.78, 5) is 7.38. The number of H-pyrrole nitrogens is 1. The second kappa shape index (κ2) is 4.67. The first-order valence-corrected chi connectivity index (χ1v) is 6.49. The smallest absolute Gasteiger partial charge is 0.142 e. The highest BCUT2D eigenvalue weighted by Crippen LogP contribution is 2.32. The van der Waals surface area contributed by atoms with Crippen LogP contribution in [0.25, 0.3) is 22.4 Å². The zero-order valence-corrected chi connectivity index (χ0v) is 11.6. The molecule has 1 heterocycles. The summed E-state index contributed by atoms with van der Waals surface area (Å²) < 4.78 is 13.4. The Bertz CT molecular complexity index is 744. The normalized spacial score (nSPS) is 11.2. The molecular formula is C13H6Cl3FN2. The fraction of sp³-hybridized carbons (Fsp3) is 0. The molecule has 0 aliphatic heterocycles. The van der Waals surface area contributed by atoms with Crippen LogP contribution in [-0.2, 0) is 0 Å². The van der Waals surface area contributed by atoms with Gasteiger partial charge in [0.05, 0.1) is 26.1 Å². The Balaban J connectivity index is 2.23. The molecule has 0 radical (unpaired) electrons. The highest BCUT2D eigenvalue weighted by molar-refractivity contribution is 6.42. The van der Waals surface area contributed by atoms with E-state index in [1.165, 1.54) is 6.07 Å². The zero-order valence-electron chi connectivity index (χ0n) is 9.35. The van der Waals surface area contributed by atoms with Crippen LogP contribution in [0.5, 0.6) is 0 Å². The minimum Gasteiger partial charge on any atom is -0.338 e. The summed E-state index contributed by atoms with van der Waals surface area (Å²) >= 11 is 17.8. The van der Waals surface area contributed by atoms with E-state index in [-0.39, 0.29) is 5.02 Å². The summed E-state index contributed by atoms with van der Waals surface area (Å²) in [5.74, 6) is -0.0199. The molecule has 96 valence electrons. The summed E-state index contributed by atoms with van der Waals surface area (Å²) in [5.41, 5.74) is 1.85. The van der Waals surface area contributed by atoms with Gasteiger partial charge in [-0.3, -0.25) is 0 Å². The first-order chi connectivity index (χ1) is 9.06. The van der Waals surface area contributed by atoms with Crippen LogP contribution in [0, 0.1) is 5.82 Å². The van der Waals surface area contributed by atoms with E-state index in [0.29, 0.717) is 32.5 Å². The predicted octanol–water partition coefficient (Wildman–Crippen LogP) is 5.33. The van der Waals surface area contributed by atoms with Gasteiger partial charge in [0.25, 0.3) is 0 Å². The van der Waals surface area contributed by atoms with Crippen LogP contribution in [0.4, 0.5) is 4.39 Å². The van der Waals surface area contributed by atoms with E-state index in [4.69, 9.17) is 34.8 Å². The number of aromatic amines is 1. The first-order valence-electron chi connectivity index (χ1n) is 5.35. The minimum absolute atomic E-state index is 0.0266. The molecule has 0 fully saturated rings. The summed E-state index contributed by atoms with van der Waals surface area (Å²) in [6, 6.07) is 7.87. The number of hydrogen-bond donors (Lipinski definition) is 1. The number of aromatic nitrogens is 2. The molecule has 19 heavy (non-hydrogen) atoms. The predicted molar refractivity (Wildman–Crippen MR) is 76.5 cm³/mol. The van der Waals surface area contributed by atoms with Gasteiger partial charge in [-0.1, -0.05) is 40.9 Å². The third-order valence-electron chi connectivity index (χ3n) is 2.73. The van der Waals surface area contributed by atoms with Crippen molar-refractivity contribution in [3.05, 3.63) is 51.2 Å². The molecule has 0 unspecified atom stereocenters. The van der Waals surface area contributed by atoms with Crippen LogP contribution in [0.1, 0.15) is 0 Å². The van der Waals surface area contributed by atoms with Gasteiger partial charge in [0.1, 0.15) is 11.6 Å². The monoisotopic (exact) mass is 314 g/mol. The molecule has 1 N–H and O–H groups in total. The minimum atomic E-state index is -0.490. The van der Waals surface area contributed by atoms with Crippen LogP contribution < -0.4 is 0 Å². The fourth-order valence-corrected chi connectivity index (χ4v) is 2.36. The molecule has 0 atom stereocenters. The van der Waals surface area contributed by atoms with Gasteiger partial charge in [-0.25, -0.2) is 9.37 Å². The molecule has 0 bridgehead atoms. The lowest BCUT2D eigenvalue weighted by atomic mass is 10.2.